The quantitative estimate of drug-likeness (QED) is 0.281. The monoisotopic (exact) mass is 557 g/mol. The molecule has 13 heteroatoms. The number of anilines is 1. The van der Waals surface area contributed by atoms with Gasteiger partial charge in [0.05, 0.1) is 19.8 Å². The summed E-state index contributed by atoms with van der Waals surface area (Å²) in [7, 11) is 2.05. The fraction of sp³-hybridized carbons (Fsp3) is 0.407. The maximum absolute atomic E-state index is 12.4. The van der Waals surface area contributed by atoms with E-state index in [1.54, 1.807) is 6.20 Å². The van der Waals surface area contributed by atoms with Crippen LogP contribution < -0.4 is 9.64 Å². The average molecular weight is 558 g/mol. The minimum Gasteiger partial charge on any atom is -0.406 e. The third-order valence-electron chi connectivity index (χ3n) is 6.58. The highest BCUT2D eigenvalue weighted by Crippen LogP contribution is 2.27. The second-order valence-corrected chi connectivity index (χ2v) is 9.58. The van der Waals surface area contributed by atoms with Crippen LogP contribution in [0.3, 0.4) is 0 Å². The predicted molar refractivity (Wildman–Crippen MR) is 141 cm³/mol. The Bertz CT molecular complexity index is 1400. The van der Waals surface area contributed by atoms with Gasteiger partial charge in [0.1, 0.15) is 11.6 Å². The minimum atomic E-state index is -4.76. The Hall–Kier alpha value is -3.97. The van der Waals surface area contributed by atoms with Crippen molar-refractivity contribution in [1.82, 2.24) is 29.8 Å². The molecule has 0 amide bonds. The molecule has 0 atom stereocenters. The molecule has 4 aromatic rings. The molecular weight excluding hydrogens is 527 g/mol. The summed E-state index contributed by atoms with van der Waals surface area (Å²) in [5.74, 6) is 1.02. The summed E-state index contributed by atoms with van der Waals surface area (Å²) in [4.78, 5) is 13.5. The molecule has 0 unspecified atom stereocenters. The first-order chi connectivity index (χ1) is 19.2. The van der Waals surface area contributed by atoms with Crippen molar-refractivity contribution in [1.29, 1.82) is 0 Å². The molecule has 1 saturated heterocycles. The molecule has 0 spiro atoms. The number of rotatable bonds is 10. The van der Waals surface area contributed by atoms with Crippen LogP contribution in [0.15, 0.2) is 53.2 Å². The van der Waals surface area contributed by atoms with Crippen LogP contribution in [0.1, 0.15) is 17.7 Å². The predicted octanol–water partition coefficient (Wildman–Crippen LogP) is 4.41. The van der Waals surface area contributed by atoms with Crippen LogP contribution in [0.4, 0.5) is 19.0 Å². The first-order valence-electron chi connectivity index (χ1n) is 12.9. The highest BCUT2D eigenvalue weighted by molar-refractivity contribution is 5.59. The van der Waals surface area contributed by atoms with Crippen LogP contribution in [0.25, 0.3) is 23.0 Å². The number of alkyl halides is 3. The van der Waals surface area contributed by atoms with Crippen molar-refractivity contribution < 1.29 is 27.2 Å². The number of aromatic nitrogens is 5. The largest absolute Gasteiger partial charge is 0.573 e. The van der Waals surface area contributed by atoms with Crippen molar-refractivity contribution in [2.75, 3.05) is 51.3 Å². The van der Waals surface area contributed by atoms with Gasteiger partial charge in [-0.1, -0.05) is 5.16 Å². The summed E-state index contributed by atoms with van der Waals surface area (Å²) in [5.41, 5.74) is 2.94. The highest BCUT2D eigenvalue weighted by Gasteiger charge is 2.31. The fourth-order valence-corrected chi connectivity index (χ4v) is 4.44. The van der Waals surface area contributed by atoms with Crippen LogP contribution in [0.2, 0.25) is 0 Å². The van der Waals surface area contributed by atoms with E-state index in [9.17, 15) is 13.2 Å². The van der Waals surface area contributed by atoms with E-state index in [0.717, 1.165) is 62.9 Å². The minimum absolute atomic E-state index is 0.211. The van der Waals surface area contributed by atoms with Gasteiger partial charge in [-0.15, -0.1) is 13.2 Å². The molecule has 0 aliphatic carbocycles. The summed E-state index contributed by atoms with van der Waals surface area (Å²) in [6, 6.07) is 11.1. The summed E-state index contributed by atoms with van der Waals surface area (Å²) in [6.45, 7) is 7.99. The molecule has 1 aliphatic heterocycles. The fourth-order valence-electron chi connectivity index (χ4n) is 4.44. The molecule has 3 aromatic heterocycles. The molecule has 40 heavy (non-hydrogen) atoms. The molecule has 0 N–H and O–H groups in total. The van der Waals surface area contributed by atoms with E-state index in [1.807, 2.05) is 30.8 Å². The summed E-state index contributed by atoms with van der Waals surface area (Å²) >= 11 is 0. The van der Waals surface area contributed by atoms with Gasteiger partial charge in [-0.2, -0.15) is 10.1 Å². The van der Waals surface area contributed by atoms with E-state index in [0.29, 0.717) is 17.8 Å². The number of pyridine rings is 1. The van der Waals surface area contributed by atoms with Crippen molar-refractivity contribution >= 4 is 5.82 Å². The molecule has 10 nitrogen and oxygen atoms in total. The first kappa shape index (κ1) is 27.6. The van der Waals surface area contributed by atoms with Gasteiger partial charge < -0.3 is 18.9 Å². The SMILES string of the molecule is Cc1cc(-c2nc(-c3ccc(OC(F)(F)F)cc3)no2)nn1Cc1ccnc(N(C)CCCN2CCOCC2)c1. The Kier molecular flexibility index (Phi) is 8.31. The Morgan fingerprint density at radius 1 is 1.07 bits per heavy atom. The number of aryl methyl sites for hydroxylation is 1. The smallest absolute Gasteiger partial charge is 0.406 e. The number of morpholine rings is 1. The lowest BCUT2D eigenvalue weighted by Gasteiger charge is -2.27. The standard InChI is InChI=1S/C27H30F3N7O3/c1-19-16-23(26-32-25(34-40-26)21-4-6-22(7-5-21)39-27(28,29)30)33-37(19)18-20-8-9-31-24(17-20)35(2)10-3-11-36-12-14-38-15-13-36/h4-9,16-17H,3,10-15,18H2,1-2H3. The van der Waals surface area contributed by atoms with Crippen molar-refractivity contribution in [2.45, 2.75) is 26.3 Å². The van der Waals surface area contributed by atoms with Gasteiger partial charge in [-0.25, -0.2) is 4.98 Å². The van der Waals surface area contributed by atoms with E-state index >= 15 is 0 Å². The molecule has 0 bridgehead atoms. The van der Waals surface area contributed by atoms with Crippen LogP contribution in [-0.4, -0.2) is 82.6 Å². The molecule has 0 radical (unpaired) electrons. The van der Waals surface area contributed by atoms with Gasteiger partial charge in [0.2, 0.25) is 5.82 Å². The van der Waals surface area contributed by atoms with Gasteiger partial charge in [0.25, 0.3) is 5.89 Å². The Balaban J connectivity index is 1.21. The summed E-state index contributed by atoms with van der Waals surface area (Å²) in [5, 5.41) is 8.59. The lowest BCUT2D eigenvalue weighted by molar-refractivity contribution is -0.274. The first-order valence-corrected chi connectivity index (χ1v) is 12.9. The van der Waals surface area contributed by atoms with E-state index < -0.39 is 6.36 Å². The van der Waals surface area contributed by atoms with Gasteiger partial charge >= 0.3 is 6.36 Å². The molecule has 4 heterocycles. The third kappa shape index (κ3) is 7.16. The maximum atomic E-state index is 12.4. The van der Waals surface area contributed by atoms with Crippen molar-refractivity contribution in [2.24, 2.45) is 0 Å². The summed E-state index contributed by atoms with van der Waals surface area (Å²) < 4.78 is 53.8. The van der Waals surface area contributed by atoms with E-state index in [-0.39, 0.29) is 17.5 Å². The second-order valence-electron chi connectivity index (χ2n) is 9.58. The topological polar surface area (TPSA) is 94.6 Å². The highest BCUT2D eigenvalue weighted by atomic mass is 19.4. The molecule has 5 rings (SSSR count). The number of hydrogen-bond donors (Lipinski definition) is 0. The Morgan fingerprint density at radius 3 is 2.60 bits per heavy atom. The van der Waals surface area contributed by atoms with Crippen molar-refractivity contribution in [3.05, 3.63) is 59.9 Å². The third-order valence-corrected chi connectivity index (χ3v) is 6.58. The van der Waals surface area contributed by atoms with Crippen LogP contribution in [0.5, 0.6) is 5.75 Å². The Labute approximate surface area is 229 Å². The van der Waals surface area contributed by atoms with Crippen LogP contribution >= 0.6 is 0 Å². The van der Waals surface area contributed by atoms with Crippen LogP contribution in [0, 0.1) is 6.92 Å². The molecule has 1 fully saturated rings. The zero-order valence-corrected chi connectivity index (χ0v) is 22.3. The molecule has 1 aliphatic rings. The normalized spacial score (nSPS) is 14.4. The Morgan fingerprint density at radius 2 is 1.85 bits per heavy atom. The van der Waals surface area contributed by atoms with E-state index in [1.165, 1.54) is 24.3 Å². The number of halogens is 3. The molecule has 212 valence electrons. The van der Waals surface area contributed by atoms with E-state index in [4.69, 9.17) is 9.26 Å². The lowest BCUT2D eigenvalue weighted by Crippen LogP contribution is -2.37. The van der Waals surface area contributed by atoms with Gasteiger partial charge in [-0.3, -0.25) is 9.58 Å². The number of hydrogen-bond acceptors (Lipinski definition) is 9. The molecule has 1 aromatic carbocycles. The van der Waals surface area contributed by atoms with Gasteiger partial charge in [0.15, 0.2) is 5.69 Å². The zero-order valence-electron chi connectivity index (χ0n) is 22.3. The molecular formula is C27H30F3N7O3. The van der Waals surface area contributed by atoms with E-state index in [2.05, 4.69) is 40.8 Å². The number of nitrogens with zero attached hydrogens (tertiary/aromatic N) is 7. The maximum Gasteiger partial charge on any atom is 0.573 e. The van der Waals surface area contributed by atoms with Crippen molar-refractivity contribution in [3.63, 3.8) is 0 Å². The number of ether oxygens (including phenoxy) is 2. The van der Waals surface area contributed by atoms with Crippen molar-refractivity contribution in [3.8, 4) is 28.7 Å². The molecule has 0 saturated carbocycles. The average Bonchev–Trinajstić information content (AvgIpc) is 3.56. The van der Waals surface area contributed by atoms with Crippen LogP contribution in [-0.2, 0) is 11.3 Å². The number of benzene rings is 1. The van der Waals surface area contributed by atoms with Gasteiger partial charge in [0, 0.05) is 50.7 Å². The summed E-state index contributed by atoms with van der Waals surface area (Å²) in [6.07, 6.45) is -1.91. The zero-order chi connectivity index (χ0) is 28.1. The second kappa shape index (κ2) is 12.0. The van der Waals surface area contributed by atoms with Gasteiger partial charge in [-0.05, 0) is 61.4 Å². The lowest BCUT2D eigenvalue weighted by atomic mass is 10.2.